The van der Waals surface area contributed by atoms with Crippen LogP contribution in [-0.4, -0.2) is 19.9 Å². The summed E-state index contributed by atoms with van der Waals surface area (Å²) < 4.78 is 0. The Balaban J connectivity index is 1.13. The van der Waals surface area contributed by atoms with Crippen molar-refractivity contribution in [3.8, 4) is 56.2 Å². The summed E-state index contributed by atoms with van der Waals surface area (Å²) >= 11 is 0. The lowest BCUT2D eigenvalue weighted by molar-refractivity contribution is 1.11. The molecular formula is C49H37N5. The highest BCUT2D eigenvalue weighted by Crippen LogP contribution is 2.35. The van der Waals surface area contributed by atoms with Gasteiger partial charge < -0.3 is 5.73 Å². The van der Waals surface area contributed by atoms with E-state index >= 15 is 0 Å². The largest absolute Gasteiger partial charge is 0.397 e. The lowest BCUT2D eigenvalue weighted by Gasteiger charge is -2.14. The molecule has 258 valence electrons. The fourth-order valence-corrected chi connectivity index (χ4v) is 6.58. The van der Waals surface area contributed by atoms with Gasteiger partial charge in [-0.3, -0.25) is 9.97 Å². The second kappa shape index (κ2) is 16.0. The maximum absolute atomic E-state index is 6.56. The number of aromatic nitrogens is 4. The Kier molecular flexibility index (Phi) is 10.0. The molecule has 0 bridgehead atoms. The lowest BCUT2D eigenvalue weighted by atomic mass is 9.92. The van der Waals surface area contributed by atoms with Crippen molar-refractivity contribution >= 4 is 11.3 Å². The molecule has 5 heteroatoms. The van der Waals surface area contributed by atoms with E-state index in [0.717, 1.165) is 72.9 Å². The zero-order valence-electron chi connectivity index (χ0n) is 29.6. The minimum atomic E-state index is 0.606. The SMILES string of the molecule is N/C(=C\C(=C/Cc1ncccc1-c1ccccc1-c1ccc(-c2nc(-c3ccccc3)cc(-c3ccccc3)n2)cc1)c1ccccc1)c1ccccn1. The number of rotatable bonds is 10. The van der Waals surface area contributed by atoms with Gasteiger partial charge in [0.1, 0.15) is 0 Å². The van der Waals surface area contributed by atoms with Crippen molar-refractivity contribution < 1.29 is 0 Å². The van der Waals surface area contributed by atoms with Crippen LogP contribution in [0, 0.1) is 0 Å². The third kappa shape index (κ3) is 7.66. The summed E-state index contributed by atoms with van der Waals surface area (Å²) in [5.74, 6) is 0.684. The highest BCUT2D eigenvalue weighted by Gasteiger charge is 2.14. The van der Waals surface area contributed by atoms with Gasteiger partial charge in [-0.05, 0) is 58.2 Å². The Labute approximate surface area is 315 Å². The fourth-order valence-electron chi connectivity index (χ4n) is 6.58. The Bertz CT molecular complexity index is 2490. The fraction of sp³-hybridized carbons (Fsp3) is 0.0204. The van der Waals surface area contributed by atoms with Gasteiger partial charge in [-0.1, -0.05) is 158 Å². The predicted molar refractivity (Wildman–Crippen MR) is 222 cm³/mol. The Morgan fingerprint density at radius 2 is 1.04 bits per heavy atom. The summed E-state index contributed by atoms with van der Waals surface area (Å²) in [4.78, 5) is 19.4. The van der Waals surface area contributed by atoms with Crippen LogP contribution < -0.4 is 5.73 Å². The molecule has 8 aromatic rings. The van der Waals surface area contributed by atoms with Crippen LogP contribution in [0.4, 0.5) is 0 Å². The summed E-state index contributed by atoms with van der Waals surface area (Å²) in [5, 5.41) is 0. The van der Waals surface area contributed by atoms with Gasteiger partial charge in [0.15, 0.2) is 5.82 Å². The van der Waals surface area contributed by atoms with Crippen LogP contribution in [0.5, 0.6) is 0 Å². The molecule has 0 unspecified atom stereocenters. The van der Waals surface area contributed by atoms with Gasteiger partial charge >= 0.3 is 0 Å². The van der Waals surface area contributed by atoms with E-state index in [1.165, 1.54) is 0 Å². The molecule has 0 saturated carbocycles. The molecule has 0 aliphatic heterocycles. The molecule has 0 atom stereocenters. The molecule has 3 aromatic heterocycles. The number of hydrogen-bond donors (Lipinski definition) is 1. The first kappa shape index (κ1) is 33.9. The van der Waals surface area contributed by atoms with E-state index in [1.807, 2.05) is 91.1 Å². The van der Waals surface area contributed by atoms with E-state index in [0.29, 0.717) is 17.9 Å². The van der Waals surface area contributed by atoms with Gasteiger partial charge in [0.25, 0.3) is 0 Å². The first-order chi connectivity index (χ1) is 26.7. The highest BCUT2D eigenvalue weighted by atomic mass is 14.9. The zero-order valence-corrected chi connectivity index (χ0v) is 29.6. The van der Waals surface area contributed by atoms with E-state index < -0.39 is 0 Å². The van der Waals surface area contributed by atoms with E-state index in [-0.39, 0.29) is 0 Å². The molecular weight excluding hydrogens is 659 g/mol. The number of nitrogens with zero attached hydrogens (tertiary/aromatic N) is 4. The van der Waals surface area contributed by atoms with Crippen LogP contribution >= 0.6 is 0 Å². The predicted octanol–water partition coefficient (Wildman–Crippen LogP) is 11.2. The summed E-state index contributed by atoms with van der Waals surface area (Å²) in [6.07, 6.45) is 8.42. The van der Waals surface area contributed by atoms with E-state index in [9.17, 15) is 0 Å². The quantitative estimate of drug-likeness (QED) is 0.144. The molecule has 0 amide bonds. The second-order valence-electron chi connectivity index (χ2n) is 12.9. The summed E-state index contributed by atoms with van der Waals surface area (Å²) in [5.41, 5.74) is 20.2. The average molecular weight is 696 g/mol. The van der Waals surface area contributed by atoms with Gasteiger partial charge in [-0.2, -0.15) is 0 Å². The second-order valence-corrected chi connectivity index (χ2v) is 12.9. The minimum absolute atomic E-state index is 0.606. The smallest absolute Gasteiger partial charge is 0.160 e. The lowest BCUT2D eigenvalue weighted by Crippen LogP contribution is -2.00. The van der Waals surface area contributed by atoms with Crippen LogP contribution in [0.2, 0.25) is 0 Å². The maximum Gasteiger partial charge on any atom is 0.160 e. The third-order valence-electron chi connectivity index (χ3n) is 9.32. The number of benzene rings is 5. The molecule has 0 spiro atoms. The Morgan fingerprint density at radius 1 is 0.481 bits per heavy atom. The van der Waals surface area contributed by atoms with Crippen molar-refractivity contribution in [2.75, 3.05) is 0 Å². The van der Waals surface area contributed by atoms with Crippen molar-refractivity contribution in [3.05, 3.63) is 217 Å². The molecule has 0 aliphatic rings. The molecule has 5 nitrogen and oxygen atoms in total. The summed E-state index contributed by atoms with van der Waals surface area (Å²) in [7, 11) is 0. The van der Waals surface area contributed by atoms with Crippen molar-refractivity contribution in [2.24, 2.45) is 5.73 Å². The first-order valence-electron chi connectivity index (χ1n) is 18.0. The zero-order chi connectivity index (χ0) is 36.5. The first-order valence-corrected chi connectivity index (χ1v) is 18.0. The Hall–Kier alpha value is -7.24. The van der Waals surface area contributed by atoms with Crippen LogP contribution in [0.15, 0.2) is 200 Å². The molecule has 5 aromatic carbocycles. The average Bonchev–Trinajstić information content (AvgIpc) is 3.26. The number of hydrogen-bond acceptors (Lipinski definition) is 5. The van der Waals surface area contributed by atoms with Crippen LogP contribution in [0.25, 0.3) is 67.4 Å². The topological polar surface area (TPSA) is 77.6 Å². The summed E-state index contributed by atoms with van der Waals surface area (Å²) in [6.45, 7) is 0. The van der Waals surface area contributed by atoms with Gasteiger partial charge in [-0.15, -0.1) is 0 Å². The van der Waals surface area contributed by atoms with Gasteiger partial charge in [0.05, 0.1) is 28.5 Å². The van der Waals surface area contributed by atoms with Crippen LogP contribution in [-0.2, 0) is 6.42 Å². The minimum Gasteiger partial charge on any atom is -0.397 e. The van der Waals surface area contributed by atoms with E-state index in [4.69, 9.17) is 20.7 Å². The van der Waals surface area contributed by atoms with Gasteiger partial charge in [0.2, 0.25) is 0 Å². The molecule has 0 saturated heterocycles. The molecule has 2 N–H and O–H groups in total. The maximum atomic E-state index is 6.56. The van der Waals surface area contributed by atoms with Crippen molar-refractivity contribution in [1.29, 1.82) is 0 Å². The standard InChI is InChI=1S/C49H37N5/c50-44(46-24-12-13-31-52-46)33-40(35-15-4-1-5-16-35)29-30-45-43(23-14-32-51-45)42-22-11-10-21-41(42)36-25-27-39(28-26-36)49-53-47(37-17-6-2-7-18-37)34-48(54-49)38-19-8-3-9-20-38/h1-29,31-34H,30,50H2/b40-29+,44-33-. The van der Waals surface area contributed by atoms with Crippen LogP contribution in [0.1, 0.15) is 17.0 Å². The third-order valence-corrected chi connectivity index (χ3v) is 9.32. The van der Waals surface area contributed by atoms with Gasteiger partial charge in [-0.25, -0.2) is 9.97 Å². The molecule has 0 fully saturated rings. The summed E-state index contributed by atoms with van der Waals surface area (Å²) in [6, 6.07) is 59.8. The number of allylic oxidation sites excluding steroid dienone is 3. The van der Waals surface area contributed by atoms with Crippen molar-refractivity contribution in [3.63, 3.8) is 0 Å². The highest BCUT2D eigenvalue weighted by molar-refractivity contribution is 5.86. The molecule has 8 rings (SSSR count). The van der Waals surface area contributed by atoms with Crippen molar-refractivity contribution in [1.82, 2.24) is 19.9 Å². The van der Waals surface area contributed by atoms with Crippen molar-refractivity contribution in [2.45, 2.75) is 6.42 Å². The molecule has 0 aliphatic carbocycles. The molecule has 54 heavy (non-hydrogen) atoms. The van der Waals surface area contributed by atoms with E-state index in [1.54, 1.807) is 6.20 Å². The van der Waals surface area contributed by atoms with Gasteiger partial charge in [0, 0.05) is 41.1 Å². The number of nitrogens with two attached hydrogens (primary N) is 1. The molecule has 3 heterocycles. The monoisotopic (exact) mass is 695 g/mol. The van der Waals surface area contributed by atoms with Crippen LogP contribution in [0.3, 0.4) is 0 Å². The Morgan fingerprint density at radius 3 is 1.69 bits per heavy atom. The number of pyridine rings is 2. The normalized spacial score (nSPS) is 11.7. The molecule has 0 radical (unpaired) electrons. The van der Waals surface area contributed by atoms with E-state index in [2.05, 4.69) is 108 Å².